The van der Waals surface area contributed by atoms with Gasteiger partial charge in [-0.2, -0.15) is 0 Å². The maximum atomic E-state index is 5.38. The van der Waals surface area contributed by atoms with Crippen molar-refractivity contribution in [2.24, 2.45) is 0 Å². The van der Waals surface area contributed by atoms with Crippen molar-refractivity contribution in [1.29, 1.82) is 0 Å². The van der Waals surface area contributed by atoms with Crippen molar-refractivity contribution >= 4 is 17.1 Å². The summed E-state index contributed by atoms with van der Waals surface area (Å²) in [6, 6.07) is 25.3. The van der Waals surface area contributed by atoms with Crippen LogP contribution in [0.15, 0.2) is 145 Å². The molecule has 38 heavy (non-hydrogen) atoms. The van der Waals surface area contributed by atoms with E-state index in [1.165, 1.54) is 0 Å². The zero-order chi connectivity index (χ0) is 27.5. The predicted octanol–water partition coefficient (Wildman–Crippen LogP) is 9.62. The molecule has 0 atom stereocenters. The lowest BCUT2D eigenvalue weighted by atomic mass is 10.0. The maximum absolute atomic E-state index is 5.38. The smallest absolute Gasteiger partial charge is 0.120 e. The molecule has 0 N–H and O–H groups in total. The summed E-state index contributed by atoms with van der Waals surface area (Å²) in [7, 11) is 3.75. The molecule has 3 aromatic carbocycles. The van der Waals surface area contributed by atoms with Crippen molar-refractivity contribution in [3.05, 3.63) is 145 Å². The Morgan fingerprint density at radius 2 is 1.42 bits per heavy atom. The highest BCUT2D eigenvalue weighted by Gasteiger charge is 2.15. The highest BCUT2D eigenvalue weighted by atomic mass is 16.5. The molecule has 0 heterocycles. The molecule has 0 bridgehead atoms. The lowest BCUT2D eigenvalue weighted by Gasteiger charge is -2.28. The summed E-state index contributed by atoms with van der Waals surface area (Å²) in [6.45, 7) is 14.3. The number of allylic oxidation sites excluding steroid dienone is 8. The van der Waals surface area contributed by atoms with Crippen LogP contribution >= 0.6 is 0 Å². The largest absolute Gasteiger partial charge is 0.497 e. The van der Waals surface area contributed by atoms with E-state index < -0.39 is 0 Å². The Labute approximate surface area is 228 Å². The lowest BCUT2D eigenvalue weighted by molar-refractivity contribution is 0.415. The number of rotatable bonds is 11. The van der Waals surface area contributed by atoms with Crippen LogP contribution in [0.5, 0.6) is 5.75 Å². The van der Waals surface area contributed by atoms with Crippen LogP contribution in [0.4, 0.5) is 17.1 Å². The number of nitrogens with zero attached hydrogens (tertiary/aromatic N) is 2. The highest BCUT2D eigenvalue weighted by Crippen LogP contribution is 2.32. The molecule has 0 radical (unpaired) electrons. The van der Waals surface area contributed by atoms with Crippen molar-refractivity contribution in [1.82, 2.24) is 0 Å². The van der Waals surface area contributed by atoms with Gasteiger partial charge in [0.1, 0.15) is 5.75 Å². The van der Waals surface area contributed by atoms with Gasteiger partial charge in [0.25, 0.3) is 0 Å². The lowest BCUT2D eigenvalue weighted by Crippen LogP contribution is -2.20. The van der Waals surface area contributed by atoms with Gasteiger partial charge < -0.3 is 14.5 Å². The summed E-state index contributed by atoms with van der Waals surface area (Å²) in [5.41, 5.74) is 8.63. The molecule has 3 nitrogen and oxygen atoms in total. The van der Waals surface area contributed by atoms with Gasteiger partial charge in [-0.25, -0.2) is 0 Å². The van der Waals surface area contributed by atoms with Crippen LogP contribution in [0.1, 0.15) is 20.8 Å². The first-order valence-corrected chi connectivity index (χ1v) is 12.8. The minimum atomic E-state index is 0.843. The molecule has 0 aliphatic heterocycles. The van der Waals surface area contributed by atoms with Crippen LogP contribution in [-0.4, -0.2) is 14.2 Å². The van der Waals surface area contributed by atoms with Crippen LogP contribution in [-0.2, 0) is 0 Å². The van der Waals surface area contributed by atoms with E-state index in [2.05, 4.69) is 104 Å². The molecule has 0 aromatic heterocycles. The molecule has 0 unspecified atom stereocenters. The first kappa shape index (κ1) is 28.1. The number of hydrogen-bond donors (Lipinski definition) is 0. The Balaban J connectivity index is 1.94. The fraction of sp³-hybridized carbons (Fsp3) is 0.143. The molecule has 0 fully saturated rings. The summed E-state index contributed by atoms with van der Waals surface area (Å²) in [6.07, 6.45) is 14.0. The zero-order valence-electron chi connectivity index (χ0n) is 23.2. The van der Waals surface area contributed by atoms with Crippen molar-refractivity contribution in [3.63, 3.8) is 0 Å². The van der Waals surface area contributed by atoms with Gasteiger partial charge in [0.2, 0.25) is 0 Å². The van der Waals surface area contributed by atoms with E-state index in [1.54, 1.807) is 7.11 Å². The van der Waals surface area contributed by atoms with E-state index in [0.717, 1.165) is 50.9 Å². The zero-order valence-corrected chi connectivity index (χ0v) is 23.2. The Bertz CT molecular complexity index is 1360. The minimum Gasteiger partial charge on any atom is -0.497 e. The number of hydrogen-bond acceptors (Lipinski definition) is 3. The van der Waals surface area contributed by atoms with Gasteiger partial charge >= 0.3 is 0 Å². The fourth-order valence-corrected chi connectivity index (χ4v) is 4.27. The van der Waals surface area contributed by atoms with Crippen molar-refractivity contribution in [3.8, 4) is 16.9 Å². The number of methoxy groups -OCH3 is 1. The molecule has 3 heteroatoms. The Morgan fingerprint density at radius 1 is 0.789 bits per heavy atom. The summed E-state index contributed by atoms with van der Waals surface area (Å²) in [5, 5.41) is 0. The summed E-state index contributed by atoms with van der Waals surface area (Å²) in [4.78, 5) is 4.34. The second kappa shape index (κ2) is 13.7. The molecule has 0 aliphatic rings. The molecule has 3 aromatic rings. The fourth-order valence-electron chi connectivity index (χ4n) is 4.27. The van der Waals surface area contributed by atoms with E-state index >= 15 is 0 Å². The second-order valence-corrected chi connectivity index (χ2v) is 8.78. The molecule has 3 rings (SSSR count). The van der Waals surface area contributed by atoms with Gasteiger partial charge in [-0.15, -0.1) is 0 Å². The predicted molar refractivity (Wildman–Crippen MR) is 166 cm³/mol. The molecule has 0 amide bonds. The standard InChI is InChI=1S/C35H38N2O/c1-8-12-15-30(10-3)37(35(11-4)27(5)14-9-2)32-24-20-29(21-25-32)28-18-22-31(23-19-28)36(6)33-16-13-17-34(26-33)38-7/h8-26H,3-4H2,1-2,5-7H3/b12-8-,14-9-,30-15+,35-27+. The average Bonchev–Trinajstić information content (AvgIpc) is 2.97. The average molecular weight is 503 g/mol. The monoisotopic (exact) mass is 502 g/mol. The second-order valence-electron chi connectivity index (χ2n) is 8.78. The van der Waals surface area contributed by atoms with Gasteiger partial charge in [0.05, 0.1) is 7.11 Å². The third-order valence-electron chi connectivity index (χ3n) is 6.34. The van der Waals surface area contributed by atoms with Crippen LogP contribution in [0.2, 0.25) is 0 Å². The Morgan fingerprint density at radius 3 is 1.95 bits per heavy atom. The van der Waals surface area contributed by atoms with Crippen molar-refractivity contribution < 1.29 is 4.74 Å². The Kier molecular flexibility index (Phi) is 10.1. The molecule has 0 saturated carbocycles. The quantitative estimate of drug-likeness (QED) is 0.243. The van der Waals surface area contributed by atoms with E-state index in [1.807, 2.05) is 62.4 Å². The first-order valence-electron chi connectivity index (χ1n) is 12.8. The van der Waals surface area contributed by atoms with Crippen LogP contribution in [0, 0.1) is 0 Å². The van der Waals surface area contributed by atoms with Gasteiger partial charge in [0.15, 0.2) is 0 Å². The number of benzene rings is 3. The minimum absolute atomic E-state index is 0.843. The molecule has 0 aliphatic carbocycles. The summed E-state index contributed by atoms with van der Waals surface area (Å²) in [5.74, 6) is 0.843. The molecule has 194 valence electrons. The first-order chi connectivity index (χ1) is 18.5. The Hall–Kier alpha value is -4.50. The highest BCUT2D eigenvalue weighted by molar-refractivity contribution is 5.73. The molecular weight excluding hydrogens is 464 g/mol. The van der Waals surface area contributed by atoms with Gasteiger partial charge in [-0.1, -0.05) is 67.8 Å². The summed E-state index contributed by atoms with van der Waals surface area (Å²) < 4.78 is 5.38. The molecular formula is C35H38N2O. The number of ether oxygens (including phenoxy) is 1. The SMILES string of the molecule is C=C/C(=C\C=C/C)N(/C(C=C)=C(C)/C=C\C)c1ccc(-c2ccc(N(C)c3cccc(OC)c3)cc2)cc1. The van der Waals surface area contributed by atoms with E-state index in [4.69, 9.17) is 4.74 Å². The van der Waals surface area contributed by atoms with E-state index in [0.29, 0.717) is 0 Å². The summed E-state index contributed by atoms with van der Waals surface area (Å²) >= 11 is 0. The third kappa shape index (κ3) is 6.63. The van der Waals surface area contributed by atoms with Crippen molar-refractivity contribution in [2.45, 2.75) is 20.8 Å². The van der Waals surface area contributed by atoms with Gasteiger partial charge in [-0.05, 0) is 92.1 Å². The number of anilines is 3. The van der Waals surface area contributed by atoms with E-state index in [9.17, 15) is 0 Å². The van der Waals surface area contributed by atoms with Crippen LogP contribution < -0.4 is 14.5 Å². The molecule has 0 spiro atoms. The molecule has 0 saturated heterocycles. The van der Waals surface area contributed by atoms with Crippen LogP contribution in [0.25, 0.3) is 11.1 Å². The van der Waals surface area contributed by atoms with Gasteiger partial charge in [0, 0.05) is 41.6 Å². The normalized spacial score (nSPS) is 12.4. The van der Waals surface area contributed by atoms with Crippen molar-refractivity contribution in [2.75, 3.05) is 24.0 Å². The topological polar surface area (TPSA) is 15.7 Å². The third-order valence-corrected chi connectivity index (χ3v) is 6.34. The van der Waals surface area contributed by atoms with Gasteiger partial charge in [-0.3, -0.25) is 0 Å². The van der Waals surface area contributed by atoms with Crippen LogP contribution in [0.3, 0.4) is 0 Å². The van der Waals surface area contributed by atoms with E-state index in [-0.39, 0.29) is 0 Å². The maximum Gasteiger partial charge on any atom is 0.120 e.